The lowest BCUT2D eigenvalue weighted by Crippen LogP contribution is -2.41. The molecule has 7 heteroatoms. The van der Waals surface area contributed by atoms with Crippen molar-refractivity contribution in [2.45, 2.75) is 12.5 Å². The summed E-state index contributed by atoms with van der Waals surface area (Å²) in [5, 5.41) is 12.0. The Morgan fingerprint density at radius 3 is 2.61 bits per heavy atom. The highest BCUT2D eigenvalue weighted by Crippen LogP contribution is 2.26. The molecular formula is C16H13BClFNO3. The fraction of sp³-hybridized carbons (Fsp3) is 0.125. The van der Waals surface area contributed by atoms with Crippen molar-refractivity contribution in [3.63, 3.8) is 0 Å². The Morgan fingerprint density at radius 2 is 2.00 bits per heavy atom. The van der Waals surface area contributed by atoms with Crippen LogP contribution in [-0.4, -0.2) is 30.7 Å². The van der Waals surface area contributed by atoms with Crippen LogP contribution in [0.2, 0.25) is 5.02 Å². The molecule has 0 fully saturated rings. The molecule has 4 nitrogen and oxygen atoms in total. The van der Waals surface area contributed by atoms with Gasteiger partial charge in [-0.3, -0.25) is 4.79 Å². The van der Waals surface area contributed by atoms with Crippen LogP contribution >= 0.6 is 11.6 Å². The van der Waals surface area contributed by atoms with Crippen LogP contribution in [-0.2, 0) is 16.0 Å². The maximum absolute atomic E-state index is 13.8. The van der Waals surface area contributed by atoms with Gasteiger partial charge in [0.05, 0.1) is 12.2 Å². The number of hydrogen-bond acceptors (Lipinski definition) is 3. The van der Waals surface area contributed by atoms with E-state index in [1.807, 2.05) is 0 Å². The summed E-state index contributed by atoms with van der Waals surface area (Å²) in [6.07, 6.45) is 0.680. The van der Waals surface area contributed by atoms with Crippen LogP contribution in [0.4, 0.5) is 4.39 Å². The predicted molar refractivity (Wildman–Crippen MR) is 87.6 cm³/mol. The summed E-state index contributed by atoms with van der Waals surface area (Å²) in [5.74, 6) is -1.44. The summed E-state index contributed by atoms with van der Waals surface area (Å²) in [4.78, 5) is 21.4. The van der Waals surface area contributed by atoms with Crippen LogP contribution in [0, 0.1) is 5.82 Å². The van der Waals surface area contributed by atoms with Gasteiger partial charge in [-0.25, -0.2) is 4.39 Å². The smallest absolute Gasteiger partial charge is 0.320 e. The van der Waals surface area contributed by atoms with Gasteiger partial charge in [-0.05, 0) is 35.7 Å². The van der Waals surface area contributed by atoms with Crippen molar-refractivity contribution in [1.29, 1.82) is 0 Å². The van der Waals surface area contributed by atoms with Gasteiger partial charge >= 0.3 is 5.97 Å². The fourth-order valence-corrected chi connectivity index (χ4v) is 2.32. The molecule has 0 heterocycles. The van der Waals surface area contributed by atoms with Crippen LogP contribution in [0.15, 0.2) is 42.5 Å². The van der Waals surface area contributed by atoms with Crippen molar-refractivity contribution in [2.24, 2.45) is 0 Å². The van der Waals surface area contributed by atoms with Gasteiger partial charge in [0.1, 0.15) is 5.82 Å². The molecule has 117 valence electrons. The van der Waals surface area contributed by atoms with Crippen LogP contribution in [0.1, 0.15) is 5.56 Å². The molecule has 1 atom stereocenters. The molecule has 1 radical (unpaired) electrons. The van der Waals surface area contributed by atoms with Gasteiger partial charge in [-0.2, -0.15) is 0 Å². The molecule has 0 spiro atoms. The summed E-state index contributed by atoms with van der Waals surface area (Å²) in [6, 6.07) is 10.2. The van der Waals surface area contributed by atoms with E-state index in [1.165, 1.54) is 18.2 Å². The van der Waals surface area contributed by atoms with Gasteiger partial charge < -0.3 is 15.1 Å². The van der Waals surface area contributed by atoms with Gasteiger partial charge in [-0.1, -0.05) is 35.9 Å². The number of aliphatic carboxylic acids is 1. The summed E-state index contributed by atoms with van der Waals surface area (Å²) in [6.45, 7) is 0. The first kappa shape index (κ1) is 17.2. The van der Waals surface area contributed by atoms with E-state index in [9.17, 15) is 14.0 Å². The standard InChI is InChI=1S/C16H13BClFNO3/c18-12-5-6-14(19)13(8-12)11-3-1-10(2-4-11)7-15(16(22)23)20-17-9-21/h1-6,8-9,15,20H,7H2,(H,22,23)/t15-/m1/s1. The minimum Gasteiger partial charge on any atom is -0.480 e. The first-order valence-electron chi connectivity index (χ1n) is 6.81. The summed E-state index contributed by atoms with van der Waals surface area (Å²) in [5.41, 5.74) is 1.77. The molecule has 0 saturated heterocycles. The molecular weight excluding hydrogens is 319 g/mol. The molecule has 0 aromatic heterocycles. The quantitative estimate of drug-likeness (QED) is 0.604. The van der Waals surface area contributed by atoms with Gasteiger partial charge in [-0.15, -0.1) is 0 Å². The predicted octanol–water partition coefficient (Wildman–Crippen LogP) is 2.54. The molecule has 2 aromatic carbocycles. The number of carboxylic acids is 1. The molecule has 0 unspecified atom stereocenters. The van der Waals surface area contributed by atoms with Crippen molar-refractivity contribution in [2.75, 3.05) is 0 Å². The third-order valence-corrected chi connectivity index (χ3v) is 3.53. The number of halogens is 2. The zero-order valence-electron chi connectivity index (χ0n) is 12.0. The molecule has 2 rings (SSSR count). The number of carbonyl (C=O) groups excluding carboxylic acids is 1. The Kier molecular flexibility index (Phi) is 5.90. The average Bonchev–Trinajstić information content (AvgIpc) is 2.54. The SMILES string of the molecule is O=C[B]N[C@H](Cc1ccc(-c2cc(Cl)ccc2F)cc1)C(=O)O. The first-order chi connectivity index (χ1) is 11.0. The minimum absolute atomic E-state index is 0.192. The van der Waals surface area contributed by atoms with Crippen molar-refractivity contribution in [3.8, 4) is 11.1 Å². The van der Waals surface area contributed by atoms with Crippen molar-refractivity contribution < 1.29 is 19.1 Å². The topological polar surface area (TPSA) is 66.4 Å². The Labute approximate surface area is 138 Å². The van der Waals surface area contributed by atoms with Crippen LogP contribution in [0.25, 0.3) is 11.1 Å². The first-order valence-corrected chi connectivity index (χ1v) is 7.19. The van der Waals surface area contributed by atoms with Crippen LogP contribution in [0.5, 0.6) is 0 Å². The molecule has 0 bridgehead atoms. The fourth-order valence-electron chi connectivity index (χ4n) is 2.15. The lowest BCUT2D eigenvalue weighted by Gasteiger charge is -2.13. The van der Waals surface area contributed by atoms with E-state index < -0.39 is 12.0 Å². The van der Waals surface area contributed by atoms with E-state index >= 15 is 0 Å². The Balaban J connectivity index is 2.17. The highest BCUT2D eigenvalue weighted by molar-refractivity contribution is 6.64. The average molecular weight is 333 g/mol. The van der Waals surface area contributed by atoms with Crippen molar-refractivity contribution in [1.82, 2.24) is 5.23 Å². The number of hydrogen-bond donors (Lipinski definition) is 2. The molecule has 2 N–H and O–H groups in total. The minimum atomic E-state index is -1.06. The molecule has 23 heavy (non-hydrogen) atoms. The Hall–Kier alpha value is -2.18. The largest absolute Gasteiger partial charge is 0.480 e. The third-order valence-electron chi connectivity index (χ3n) is 3.30. The zero-order chi connectivity index (χ0) is 16.8. The van der Waals surface area contributed by atoms with E-state index in [4.69, 9.17) is 16.7 Å². The number of carboxylic acid groups (broad SMARTS) is 1. The molecule has 2 aromatic rings. The highest BCUT2D eigenvalue weighted by atomic mass is 35.5. The van der Waals surface area contributed by atoms with Gasteiger partial charge in [0.2, 0.25) is 0 Å². The summed E-state index contributed by atoms with van der Waals surface area (Å²) >= 11 is 5.88. The number of nitrogens with one attached hydrogen (secondary N) is 1. The second-order valence-corrected chi connectivity index (χ2v) is 5.32. The van der Waals surface area contributed by atoms with Crippen molar-refractivity contribution >= 4 is 31.2 Å². The molecule has 0 amide bonds. The van der Waals surface area contributed by atoms with Crippen molar-refractivity contribution in [3.05, 3.63) is 58.9 Å². The van der Waals surface area contributed by atoms with Gasteiger partial charge in [0, 0.05) is 10.6 Å². The Bertz CT molecular complexity index is 709. The van der Waals surface area contributed by atoms with Crippen LogP contribution in [0.3, 0.4) is 0 Å². The number of rotatable bonds is 7. The monoisotopic (exact) mass is 332 g/mol. The van der Waals surface area contributed by atoms with Gasteiger partial charge in [0.25, 0.3) is 7.41 Å². The number of carbonyl (C=O) groups is 2. The maximum Gasteiger partial charge on any atom is 0.320 e. The van der Waals surface area contributed by atoms with E-state index in [2.05, 4.69) is 5.23 Å². The molecule has 0 aliphatic carbocycles. The normalized spacial score (nSPS) is 11.7. The van der Waals surface area contributed by atoms with E-state index in [1.54, 1.807) is 24.3 Å². The molecule has 0 saturated carbocycles. The summed E-state index contributed by atoms with van der Waals surface area (Å²) in [7, 11) is 1.05. The molecule has 0 aliphatic heterocycles. The van der Waals surface area contributed by atoms with E-state index in [0.29, 0.717) is 22.3 Å². The van der Waals surface area contributed by atoms with E-state index in [0.717, 1.165) is 13.0 Å². The summed E-state index contributed by atoms with van der Waals surface area (Å²) < 4.78 is 13.8. The Morgan fingerprint density at radius 1 is 1.30 bits per heavy atom. The second kappa shape index (κ2) is 7.90. The second-order valence-electron chi connectivity index (χ2n) is 4.89. The highest BCUT2D eigenvalue weighted by Gasteiger charge is 2.17. The third kappa shape index (κ3) is 4.64. The van der Waals surface area contributed by atoms with Crippen LogP contribution < -0.4 is 5.23 Å². The zero-order valence-corrected chi connectivity index (χ0v) is 12.8. The lowest BCUT2D eigenvalue weighted by atomic mass is 9.93. The molecule has 0 aliphatic rings. The number of benzene rings is 2. The lowest BCUT2D eigenvalue weighted by molar-refractivity contribution is -0.138. The maximum atomic E-state index is 13.8. The van der Waals surface area contributed by atoms with Gasteiger partial charge in [0.15, 0.2) is 0 Å². The van der Waals surface area contributed by atoms with E-state index in [-0.39, 0.29) is 12.2 Å².